The Morgan fingerprint density at radius 1 is 0.889 bits per heavy atom. The van der Waals surface area contributed by atoms with Gasteiger partial charge in [-0.05, 0) is 65.6 Å². The monoisotopic (exact) mass is 477 g/mol. The number of hydrogen-bond donors (Lipinski definition) is 2. The summed E-state index contributed by atoms with van der Waals surface area (Å²) in [6, 6.07) is 26.8. The predicted molar refractivity (Wildman–Crippen MR) is 142 cm³/mol. The lowest BCUT2D eigenvalue weighted by Crippen LogP contribution is -2.25. The van der Waals surface area contributed by atoms with Crippen molar-refractivity contribution in [3.8, 4) is 28.3 Å². The number of fused-ring (bicyclic) bond motifs is 1. The Balaban J connectivity index is 1.31. The number of nitrogens with one attached hydrogen (secondary N) is 2. The zero-order valence-corrected chi connectivity index (χ0v) is 20.5. The van der Waals surface area contributed by atoms with Crippen LogP contribution < -0.4 is 15.4 Å². The molecule has 5 rings (SSSR count). The first-order valence-corrected chi connectivity index (χ1v) is 11.8. The topological polar surface area (TPSA) is 80.3 Å². The average Bonchev–Trinajstić information content (AvgIpc) is 2.88. The number of rotatable bonds is 4. The van der Waals surface area contributed by atoms with Gasteiger partial charge >= 0.3 is 0 Å². The van der Waals surface area contributed by atoms with Crippen LogP contribution in [-0.4, -0.2) is 23.4 Å². The number of anilines is 2. The highest BCUT2D eigenvalue weighted by atomic mass is 16.5. The Labute approximate surface area is 210 Å². The molecule has 2 amide bonds. The standard InChI is InChI=1S/C30H27N3O3/c1-30(2,3)22-12-7-20(8-13-22)29(35)31-23-14-9-19(10-15-23)24-5-4-6-25(32-24)21-11-16-27-26(17-21)33-28(34)18-36-27/h4-17H,18H2,1-3H3,(H,31,35)(H,33,34). The number of carbonyl (C=O) groups excluding carboxylic acids is 2. The van der Waals surface area contributed by atoms with Crippen LogP contribution >= 0.6 is 0 Å². The number of aromatic nitrogens is 1. The summed E-state index contributed by atoms with van der Waals surface area (Å²) in [6.07, 6.45) is 0. The minimum Gasteiger partial charge on any atom is -0.482 e. The second-order valence-corrected chi connectivity index (χ2v) is 9.81. The molecule has 0 spiro atoms. The van der Waals surface area contributed by atoms with Crippen molar-refractivity contribution in [1.29, 1.82) is 0 Å². The summed E-state index contributed by atoms with van der Waals surface area (Å²) >= 11 is 0. The zero-order valence-electron chi connectivity index (χ0n) is 20.5. The summed E-state index contributed by atoms with van der Waals surface area (Å²) in [5, 5.41) is 5.79. The van der Waals surface area contributed by atoms with Gasteiger partial charge in [0.05, 0.1) is 17.1 Å². The third-order valence-corrected chi connectivity index (χ3v) is 6.11. The molecule has 1 aliphatic heterocycles. The molecule has 0 bridgehead atoms. The molecular formula is C30H27N3O3. The number of hydrogen-bond acceptors (Lipinski definition) is 4. The van der Waals surface area contributed by atoms with Gasteiger partial charge in [0, 0.05) is 22.4 Å². The fourth-order valence-corrected chi connectivity index (χ4v) is 4.05. The fraction of sp³-hybridized carbons (Fsp3) is 0.167. The summed E-state index contributed by atoms with van der Waals surface area (Å²) in [5.74, 6) is 0.333. The van der Waals surface area contributed by atoms with E-state index >= 15 is 0 Å². The van der Waals surface area contributed by atoms with Gasteiger partial charge in [0.2, 0.25) is 0 Å². The predicted octanol–water partition coefficient (Wildman–Crippen LogP) is 6.30. The van der Waals surface area contributed by atoms with E-state index in [-0.39, 0.29) is 23.8 Å². The van der Waals surface area contributed by atoms with Crippen molar-refractivity contribution in [2.75, 3.05) is 17.2 Å². The maximum Gasteiger partial charge on any atom is 0.262 e. The molecule has 6 nitrogen and oxygen atoms in total. The van der Waals surface area contributed by atoms with Crippen LogP contribution in [0.3, 0.4) is 0 Å². The highest BCUT2D eigenvalue weighted by Crippen LogP contribution is 2.33. The number of amides is 2. The van der Waals surface area contributed by atoms with Gasteiger partial charge in [0.25, 0.3) is 11.8 Å². The second-order valence-electron chi connectivity index (χ2n) is 9.81. The Kier molecular flexibility index (Phi) is 6.02. The molecule has 1 aliphatic rings. The molecule has 1 aromatic heterocycles. The van der Waals surface area contributed by atoms with Crippen molar-refractivity contribution >= 4 is 23.2 Å². The Bertz CT molecular complexity index is 1440. The van der Waals surface area contributed by atoms with Gasteiger partial charge in [-0.2, -0.15) is 0 Å². The van der Waals surface area contributed by atoms with Crippen molar-refractivity contribution in [1.82, 2.24) is 4.98 Å². The van der Waals surface area contributed by atoms with Crippen LogP contribution in [0, 0.1) is 0 Å². The average molecular weight is 478 g/mol. The molecule has 0 aliphatic carbocycles. The van der Waals surface area contributed by atoms with E-state index in [1.165, 1.54) is 5.56 Å². The SMILES string of the molecule is CC(C)(C)c1ccc(C(=O)Nc2ccc(-c3cccc(-c4ccc5c(c4)NC(=O)CO5)n3)cc2)cc1. The van der Waals surface area contributed by atoms with Gasteiger partial charge in [-0.1, -0.05) is 51.1 Å². The minimum absolute atomic E-state index is 0.0278. The molecular weight excluding hydrogens is 450 g/mol. The van der Waals surface area contributed by atoms with Crippen molar-refractivity contribution < 1.29 is 14.3 Å². The lowest BCUT2D eigenvalue weighted by atomic mass is 9.87. The number of benzene rings is 3. The van der Waals surface area contributed by atoms with Crippen LogP contribution in [0.4, 0.5) is 11.4 Å². The van der Waals surface area contributed by atoms with E-state index in [0.717, 1.165) is 22.5 Å². The molecule has 0 radical (unpaired) electrons. The van der Waals surface area contributed by atoms with E-state index < -0.39 is 0 Å². The second kappa shape index (κ2) is 9.30. The number of carbonyl (C=O) groups is 2. The molecule has 0 saturated carbocycles. The van der Waals surface area contributed by atoms with Gasteiger partial charge in [0.1, 0.15) is 5.75 Å². The molecule has 2 N–H and O–H groups in total. The van der Waals surface area contributed by atoms with Crippen molar-refractivity contribution in [2.24, 2.45) is 0 Å². The van der Waals surface area contributed by atoms with Crippen molar-refractivity contribution in [3.05, 3.63) is 96.1 Å². The molecule has 36 heavy (non-hydrogen) atoms. The Hall–Kier alpha value is -4.45. The van der Waals surface area contributed by atoms with Crippen LogP contribution in [0.2, 0.25) is 0 Å². The summed E-state index contributed by atoms with van der Waals surface area (Å²) in [6.45, 7) is 6.47. The molecule has 6 heteroatoms. The largest absolute Gasteiger partial charge is 0.482 e. The molecule has 0 unspecified atom stereocenters. The van der Waals surface area contributed by atoms with Crippen molar-refractivity contribution in [2.45, 2.75) is 26.2 Å². The van der Waals surface area contributed by atoms with Gasteiger partial charge < -0.3 is 15.4 Å². The van der Waals surface area contributed by atoms with Gasteiger partial charge in [-0.25, -0.2) is 4.98 Å². The van der Waals surface area contributed by atoms with Gasteiger partial charge in [0.15, 0.2) is 6.61 Å². The van der Waals surface area contributed by atoms with E-state index in [0.29, 0.717) is 22.7 Å². The van der Waals surface area contributed by atoms with Crippen molar-refractivity contribution in [3.63, 3.8) is 0 Å². The number of pyridine rings is 1. The van der Waals surface area contributed by atoms with E-state index in [1.807, 2.05) is 84.9 Å². The number of nitrogens with zero attached hydrogens (tertiary/aromatic N) is 1. The van der Waals surface area contributed by atoms with E-state index in [1.54, 1.807) is 0 Å². The maximum atomic E-state index is 12.7. The third-order valence-electron chi connectivity index (χ3n) is 6.11. The summed E-state index contributed by atoms with van der Waals surface area (Å²) in [7, 11) is 0. The summed E-state index contributed by atoms with van der Waals surface area (Å²) in [4.78, 5) is 29.2. The van der Waals surface area contributed by atoms with Crippen LogP contribution in [0.25, 0.3) is 22.5 Å². The zero-order chi connectivity index (χ0) is 25.3. The smallest absolute Gasteiger partial charge is 0.262 e. The van der Waals surface area contributed by atoms with Crippen LogP contribution in [0.15, 0.2) is 84.9 Å². The Morgan fingerprint density at radius 3 is 2.25 bits per heavy atom. The van der Waals surface area contributed by atoms with Crippen LogP contribution in [-0.2, 0) is 10.2 Å². The molecule has 2 heterocycles. The lowest BCUT2D eigenvalue weighted by Gasteiger charge is -2.19. The van der Waals surface area contributed by atoms with E-state index in [9.17, 15) is 9.59 Å². The minimum atomic E-state index is -0.171. The van der Waals surface area contributed by atoms with Gasteiger partial charge in [-0.15, -0.1) is 0 Å². The molecule has 0 atom stereocenters. The number of ether oxygens (including phenoxy) is 1. The van der Waals surface area contributed by atoms with Crippen LogP contribution in [0.5, 0.6) is 5.75 Å². The van der Waals surface area contributed by atoms with E-state index in [2.05, 4.69) is 31.4 Å². The summed E-state index contributed by atoms with van der Waals surface area (Å²) < 4.78 is 5.44. The first kappa shape index (κ1) is 23.3. The van der Waals surface area contributed by atoms with Gasteiger partial charge in [-0.3, -0.25) is 9.59 Å². The molecule has 4 aromatic rings. The van der Waals surface area contributed by atoms with Crippen LogP contribution in [0.1, 0.15) is 36.7 Å². The normalized spacial score (nSPS) is 12.8. The molecule has 0 saturated heterocycles. The highest BCUT2D eigenvalue weighted by molar-refractivity contribution is 6.04. The maximum absolute atomic E-state index is 12.7. The molecule has 3 aromatic carbocycles. The molecule has 0 fully saturated rings. The lowest BCUT2D eigenvalue weighted by molar-refractivity contribution is -0.118. The first-order chi connectivity index (χ1) is 17.3. The Morgan fingerprint density at radius 2 is 1.56 bits per heavy atom. The molecule has 180 valence electrons. The summed E-state index contributed by atoms with van der Waals surface area (Å²) in [5.41, 5.74) is 6.60. The highest BCUT2D eigenvalue weighted by Gasteiger charge is 2.17. The fourth-order valence-electron chi connectivity index (χ4n) is 4.05. The first-order valence-electron chi connectivity index (χ1n) is 11.8. The third kappa shape index (κ3) is 4.98. The van der Waals surface area contributed by atoms with E-state index in [4.69, 9.17) is 9.72 Å². The quantitative estimate of drug-likeness (QED) is 0.362.